The lowest BCUT2D eigenvalue weighted by Gasteiger charge is -2.17. The Morgan fingerprint density at radius 1 is 1.32 bits per heavy atom. The maximum atomic E-state index is 12.2. The first-order valence-electron chi connectivity index (χ1n) is 7.43. The van der Waals surface area contributed by atoms with Crippen LogP contribution in [0.2, 0.25) is 0 Å². The summed E-state index contributed by atoms with van der Waals surface area (Å²) < 4.78 is 16.0. The molecule has 9 heteroatoms. The number of ether oxygens (including phenoxy) is 2. The summed E-state index contributed by atoms with van der Waals surface area (Å²) in [6.45, 7) is 0.0323. The molecule has 1 aromatic heterocycles. The number of thioether (sulfide) groups is 1. The number of amides is 1. The second-order valence-corrected chi connectivity index (χ2v) is 6.25. The average molecular weight is 364 g/mol. The fourth-order valence-corrected chi connectivity index (χ4v) is 3.57. The number of carboxylic acid groups (broad SMARTS) is 1. The molecular weight excluding hydrogens is 348 g/mol. The van der Waals surface area contributed by atoms with E-state index in [1.807, 2.05) is 6.07 Å². The highest BCUT2D eigenvalue weighted by Crippen LogP contribution is 2.47. The predicted octanol–water partition coefficient (Wildman–Crippen LogP) is 2.17. The number of aliphatic carboxylic acids is 1. The number of carboxylic acids is 1. The summed E-state index contributed by atoms with van der Waals surface area (Å²) in [5, 5.41) is 15.0. The second kappa shape index (κ2) is 7.06. The van der Waals surface area contributed by atoms with E-state index in [9.17, 15) is 9.59 Å². The number of fused-ring (bicyclic) bond motifs is 3. The topological polar surface area (TPSA) is 111 Å². The molecule has 0 saturated carbocycles. The van der Waals surface area contributed by atoms with Gasteiger partial charge in [-0.1, -0.05) is 5.16 Å². The Kier molecular flexibility index (Phi) is 4.84. The standard InChI is InChI=1S/C16H16N2O6S/c1-22-10-5-8-12(6-11(10)23-2)25-7-9-14(18-24-15(8)9)16(21)17-4-3-13(19)20/h5-6H,3-4,7H2,1-2H3,(H,17,21)(H,19,20). The van der Waals surface area contributed by atoms with Crippen molar-refractivity contribution in [3.05, 3.63) is 23.4 Å². The fraction of sp³-hybridized carbons (Fsp3) is 0.312. The van der Waals surface area contributed by atoms with Crippen molar-refractivity contribution in [1.29, 1.82) is 0 Å². The van der Waals surface area contributed by atoms with Gasteiger partial charge in [0.25, 0.3) is 5.91 Å². The van der Waals surface area contributed by atoms with Crippen molar-refractivity contribution < 1.29 is 28.7 Å². The number of nitrogens with zero attached hydrogens (tertiary/aromatic N) is 1. The van der Waals surface area contributed by atoms with Crippen molar-refractivity contribution in [3.63, 3.8) is 0 Å². The molecule has 0 fully saturated rings. The molecule has 0 aliphatic carbocycles. The minimum Gasteiger partial charge on any atom is -0.493 e. The first-order chi connectivity index (χ1) is 12.0. The number of methoxy groups -OCH3 is 2. The number of rotatable bonds is 6. The van der Waals surface area contributed by atoms with E-state index < -0.39 is 11.9 Å². The maximum absolute atomic E-state index is 12.2. The van der Waals surface area contributed by atoms with E-state index in [1.165, 1.54) is 11.8 Å². The maximum Gasteiger partial charge on any atom is 0.305 e. The number of nitrogens with one attached hydrogen (secondary N) is 1. The zero-order valence-electron chi connectivity index (χ0n) is 13.6. The van der Waals surface area contributed by atoms with Crippen molar-refractivity contribution in [1.82, 2.24) is 10.5 Å². The van der Waals surface area contributed by atoms with Crippen LogP contribution in [0.25, 0.3) is 11.3 Å². The van der Waals surface area contributed by atoms with Crippen LogP contribution in [0.15, 0.2) is 21.6 Å². The predicted molar refractivity (Wildman–Crippen MR) is 89.2 cm³/mol. The number of hydrogen-bond acceptors (Lipinski definition) is 7. The molecule has 0 unspecified atom stereocenters. The summed E-state index contributed by atoms with van der Waals surface area (Å²) in [5.41, 5.74) is 1.63. The van der Waals surface area contributed by atoms with Crippen LogP contribution in [0, 0.1) is 0 Å². The van der Waals surface area contributed by atoms with Gasteiger partial charge in [-0.25, -0.2) is 0 Å². The van der Waals surface area contributed by atoms with Crippen molar-refractivity contribution in [2.75, 3.05) is 20.8 Å². The zero-order valence-corrected chi connectivity index (χ0v) is 14.4. The molecule has 1 aliphatic rings. The van der Waals surface area contributed by atoms with E-state index in [-0.39, 0.29) is 18.7 Å². The smallest absolute Gasteiger partial charge is 0.305 e. The van der Waals surface area contributed by atoms with Crippen LogP contribution in [0.3, 0.4) is 0 Å². The highest BCUT2D eigenvalue weighted by atomic mass is 32.2. The van der Waals surface area contributed by atoms with Crippen LogP contribution in [-0.4, -0.2) is 42.9 Å². The highest BCUT2D eigenvalue weighted by molar-refractivity contribution is 7.98. The van der Waals surface area contributed by atoms with E-state index in [1.54, 1.807) is 20.3 Å². The molecule has 1 aliphatic heterocycles. The van der Waals surface area contributed by atoms with Crippen molar-refractivity contribution in [2.45, 2.75) is 17.1 Å². The molecule has 0 radical (unpaired) electrons. The van der Waals surface area contributed by atoms with Crippen molar-refractivity contribution >= 4 is 23.6 Å². The molecule has 1 aromatic carbocycles. The van der Waals surface area contributed by atoms with Crippen LogP contribution >= 0.6 is 11.8 Å². The van der Waals surface area contributed by atoms with Crippen LogP contribution in [0.5, 0.6) is 11.5 Å². The Balaban J connectivity index is 1.90. The van der Waals surface area contributed by atoms with E-state index >= 15 is 0 Å². The molecule has 0 saturated heterocycles. The Hall–Kier alpha value is -2.68. The molecular formula is C16H16N2O6S. The van der Waals surface area contributed by atoms with Gasteiger partial charge in [0.2, 0.25) is 0 Å². The third-order valence-electron chi connectivity index (χ3n) is 3.73. The summed E-state index contributed by atoms with van der Waals surface area (Å²) in [7, 11) is 3.11. The monoisotopic (exact) mass is 364 g/mol. The van der Waals surface area contributed by atoms with Gasteiger partial charge in [-0.2, -0.15) is 0 Å². The summed E-state index contributed by atoms with van der Waals surface area (Å²) in [6.07, 6.45) is -0.152. The van der Waals surface area contributed by atoms with Crippen LogP contribution < -0.4 is 14.8 Å². The van der Waals surface area contributed by atoms with E-state index in [0.717, 1.165) is 10.5 Å². The van der Waals surface area contributed by atoms with Crippen LogP contribution in [0.4, 0.5) is 0 Å². The molecule has 1 amide bonds. The molecule has 2 aromatic rings. The van der Waals surface area contributed by atoms with Gasteiger partial charge < -0.3 is 24.4 Å². The van der Waals surface area contributed by atoms with Gasteiger partial charge in [0.15, 0.2) is 23.0 Å². The normalized spacial score (nSPS) is 12.1. The summed E-state index contributed by atoms with van der Waals surface area (Å²) in [4.78, 5) is 23.7. The molecule has 2 N–H and O–H groups in total. The number of hydrogen-bond donors (Lipinski definition) is 2. The molecule has 0 atom stereocenters. The van der Waals surface area contributed by atoms with Gasteiger partial charge in [0.05, 0.1) is 20.6 Å². The molecule has 0 spiro atoms. The molecule has 8 nitrogen and oxygen atoms in total. The molecule has 3 rings (SSSR count). The lowest BCUT2D eigenvalue weighted by Crippen LogP contribution is -2.27. The number of carbonyl (C=O) groups is 2. The summed E-state index contributed by atoms with van der Waals surface area (Å²) in [5.74, 6) is 0.770. The van der Waals surface area contributed by atoms with Gasteiger partial charge in [-0.15, -0.1) is 11.8 Å². The number of aromatic nitrogens is 1. The van der Waals surface area contributed by atoms with Crippen LogP contribution in [-0.2, 0) is 10.5 Å². The van der Waals surface area contributed by atoms with Crippen molar-refractivity contribution in [2.24, 2.45) is 0 Å². The Bertz CT molecular complexity index is 832. The Morgan fingerprint density at radius 3 is 2.72 bits per heavy atom. The van der Waals surface area contributed by atoms with E-state index in [2.05, 4.69) is 10.5 Å². The average Bonchev–Trinajstić information content (AvgIpc) is 3.04. The molecule has 25 heavy (non-hydrogen) atoms. The van der Waals surface area contributed by atoms with Crippen LogP contribution in [0.1, 0.15) is 22.5 Å². The molecule has 2 heterocycles. The first-order valence-corrected chi connectivity index (χ1v) is 8.41. The van der Waals surface area contributed by atoms with E-state index in [0.29, 0.717) is 28.6 Å². The van der Waals surface area contributed by atoms with Gasteiger partial charge >= 0.3 is 5.97 Å². The third-order valence-corrected chi connectivity index (χ3v) is 4.81. The van der Waals surface area contributed by atoms with Gasteiger partial charge in [-0.3, -0.25) is 9.59 Å². The number of benzene rings is 1. The zero-order chi connectivity index (χ0) is 18.0. The third kappa shape index (κ3) is 3.27. The van der Waals surface area contributed by atoms with Gasteiger partial charge in [-0.05, 0) is 12.1 Å². The van der Waals surface area contributed by atoms with E-state index in [4.69, 9.17) is 19.1 Å². The van der Waals surface area contributed by atoms with Crippen molar-refractivity contribution in [3.8, 4) is 22.8 Å². The second-order valence-electron chi connectivity index (χ2n) is 5.23. The quantitative estimate of drug-likeness (QED) is 0.802. The Labute approximate surface area is 147 Å². The minimum absolute atomic E-state index is 0.0323. The highest BCUT2D eigenvalue weighted by Gasteiger charge is 2.29. The van der Waals surface area contributed by atoms with Gasteiger partial charge in [0, 0.05) is 28.3 Å². The SMILES string of the molecule is COc1cc2c(cc1OC)-c1onc(C(=O)NCCC(=O)O)c1CS2. The molecule has 0 bridgehead atoms. The lowest BCUT2D eigenvalue weighted by molar-refractivity contribution is -0.136. The minimum atomic E-state index is -0.979. The van der Waals surface area contributed by atoms with Gasteiger partial charge in [0.1, 0.15) is 0 Å². The first kappa shape index (κ1) is 17.2. The number of carbonyl (C=O) groups excluding carboxylic acids is 1. The summed E-state index contributed by atoms with van der Waals surface area (Å²) >= 11 is 1.54. The Morgan fingerprint density at radius 2 is 2.04 bits per heavy atom. The largest absolute Gasteiger partial charge is 0.493 e. The summed E-state index contributed by atoms with van der Waals surface area (Å²) in [6, 6.07) is 3.65. The lowest BCUT2D eigenvalue weighted by atomic mass is 10.1. The molecule has 132 valence electrons. The fourth-order valence-electron chi connectivity index (χ4n) is 2.51.